The summed E-state index contributed by atoms with van der Waals surface area (Å²) in [6.45, 7) is 4.65. The third-order valence-corrected chi connectivity index (χ3v) is 10.5. The number of fused-ring (bicyclic) bond motifs is 2. The molecule has 0 nitrogen and oxygen atoms in total. The van der Waals surface area contributed by atoms with Crippen LogP contribution in [0.4, 0.5) is 0 Å². The largest absolute Gasteiger partial charge is 1.00 e. The van der Waals surface area contributed by atoms with Crippen LogP contribution in [0.1, 0.15) is 75.8 Å². The summed E-state index contributed by atoms with van der Waals surface area (Å²) in [5, 5.41) is 0. The zero-order valence-electron chi connectivity index (χ0n) is 27.3. The van der Waals surface area contributed by atoms with Crippen molar-refractivity contribution >= 4 is 21.7 Å². The molecule has 4 aromatic carbocycles. The van der Waals surface area contributed by atoms with Crippen molar-refractivity contribution in [2.24, 2.45) is 0 Å². The minimum Gasteiger partial charge on any atom is -1.00 e. The van der Waals surface area contributed by atoms with Crippen LogP contribution in [-0.4, -0.2) is 9.52 Å². The zero-order valence-corrected chi connectivity index (χ0v) is 26.3. The predicted octanol–water partition coefficient (Wildman–Crippen LogP) is 4.13. The number of hydrogen-bond donors (Lipinski definition) is 0. The van der Waals surface area contributed by atoms with Crippen LogP contribution < -0.4 is 37.7 Å². The minimum atomic E-state index is -0.0447. The molecule has 2 atom stereocenters. The van der Waals surface area contributed by atoms with Gasteiger partial charge in [-0.15, -0.1) is 0 Å². The van der Waals surface area contributed by atoms with Gasteiger partial charge in [-0.3, -0.25) is 0 Å². The first-order valence-corrected chi connectivity index (χ1v) is 16.1. The van der Waals surface area contributed by atoms with E-state index in [-0.39, 0.29) is 51.4 Å². The topological polar surface area (TPSA) is 0 Å². The van der Waals surface area contributed by atoms with Gasteiger partial charge in [0, 0.05) is 20.3 Å². The molecule has 0 heterocycles. The van der Waals surface area contributed by atoms with Crippen molar-refractivity contribution in [1.82, 2.24) is 0 Å². The summed E-state index contributed by atoms with van der Waals surface area (Å²) in [6.07, 6.45) is 9.64. The molecule has 3 heteroatoms. The summed E-state index contributed by atoms with van der Waals surface area (Å²) >= 11 is 0. The average Bonchev–Trinajstić information content (AvgIpc) is 3.48. The SMILES string of the molecule is CCCC1=Cc2ccccc2C1(C[Si]CC1(c2ccccc2)C(CCC)=Cc2ccccc21)c1ccccc1.[H-].[H-].[Li+].[Li+]. The van der Waals surface area contributed by atoms with Crippen LogP contribution in [-0.2, 0) is 10.8 Å². The smallest absolute Gasteiger partial charge is 1.00 e. The zero-order chi connectivity index (χ0) is 26.7. The molecule has 41 heavy (non-hydrogen) atoms. The second kappa shape index (κ2) is 13.8. The van der Waals surface area contributed by atoms with Gasteiger partial charge in [-0.25, -0.2) is 0 Å². The van der Waals surface area contributed by atoms with Gasteiger partial charge in [0.1, 0.15) is 0 Å². The van der Waals surface area contributed by atoms with Gasteiger partial charge in [-0.1, -0.05) is 159 Å². The molecule has 0 aliphatic heterocycles. The Bertz CT molecular complexity index is 1400. The molecule has 2 unspecified atom stereocenters. The molecule has 0 N–H and O–H groups in total. The van der Waals surface area contributed by atoms with Crippen molar-refractivity contribution in [2.45, 2.75) is 62.4 Å². The maximum atomic E-state index is 2.51. The van der Waals surface area contributed by atoms with Gasteiger partial charge < -0.3 is 2.85 Å². The summed E-state index contributed by atoms with van der Waals surface area (Å²) < 4.78 is 0. The van der Waals surface area contributed by atoms with E-state index in [2.05, 4.69) is 135 Å². The molecule has 0 saturated carbocycles. The predicted molar refractivity (Wildman–Crippen MR) is 171 cm³/mol. The molecule has 0 aromatic heterocycles. The van der Waals surface area contributed by atoms with Crippen molar-refractivity contribution in [1.29, 1.82) is 0 Å². The number of hydrogen-bond acceptors (Lipinski definition) is 0. The number of rotatable bonds is 10. The molecule has 0 spiro atoms. The van der Waals surface area contributed by atoms with E-state index in [0.29, 0.717) is 0 Å². The molecule has 4 aromatic rings. The van der Waals surface area contributed by atoms with Crippen LogP contribution >= 0.6 is 0 Å². The van der Waals surface area contributed by atoms with E-state index in [1.54, 1.807) is 11.1 Å². The van der Waals surface area contributed by atoms with E-state index in [0.717, 1.165) is 34.4 Å². The van der Waals surface area contributed by atoms with E-state index in [1.165, 1.54) is 46.2 Å². The van der Waals surface area contributed by atoms with Crippen LogP contribution in [0.25, 0.3) is 12.2 Å². The maximum Gasteiger partial charge on any atom is 1.00 e. The standard InChI is InChI=1S/C38H38Si.2Li.2H/c1-3-15-33-25-29-17-11-13-23-35(29)37(33,31-19-7-5-8-20-31)27-39-28-38(32-21-9-6-10-22-32)34(16-4-2)26-30-18-12-14-24-36(30)38;;;;/h5-14,17-26H,3-4,15-16,27-28H2,1-2H3;;;;/q;2*+1;2*-1. The Morgan fingerprint density at radius 1 is 0.512 bits per heavy atom. The second-order valence-electron chi connectivity index (χ2n) is 11.2. The molecular weight excluding hydrogens is 498 g/mol. The van der Waals surface area contributed by atoms with Crippen molar-refractivity contribution in [2.75, 3.05) is 0 Å². The van der Waals surface area contributed by atoms with Gasteiger partial charge in [0.2, 0.25) is 0 Å². The van der Waals surface area contributed by atoms with Gasteiger partial charge in [0.05, 0.1) is 0 Å². The molecule has 0 bridgehead atoms. The third-order valence-electron chi connectivity index (χ3n) is 8.95. The van der Waals surface area contributed by atoms with E-state index in [9.17, 15) is 0 Å². The van der Waals surface area contributed by atoms with E-state index in [4.69, 9.17) is 0 Å². The first-order valence-electron chi connectivity index (χ1n) is 14.7. The Labute approximate surface area is 276 Å². The molecule has 2 aliphatic carbocycles. The van der Waals surface area contributed by atoms with Crippen LogP contribution in [0.3, 0.4) is 0 Å². The monoisotopic (exact) mass is 538 g/mol. The molecule has 6 rings (SSSR count). The molecule has 2 aliphatic rings. The first-order chi connectivity index (χ1) is 19.2. The third kappa shape index (κ3) is 5.50. The van der Waals surface area contributed by atoms with E-state index < -0.39 is 0 Å². The molecule has 0 saturated heterocycles. The Hall–Kier alpha value is -2.23. The maximum absolute atomic E-state index is 2.51. The van der Waals surface area contributed by atoms with E-state index >= 15 is 0 Å². The Morgan fingerprint density at radius 3 is 1.27 bits per heavy atom. The van der Waals surface area contributed by atoms with Crippen molar-refractivity contribution in [3.63, 3.8) is 0 Å². The van der Waals surface area contributed by atoms with Crippen LogP contribution in [0.5, 0.6) is 0 Å². The van der Waals surface area contributed by atoms with Gasteiger partial charge in [0.15, 0.2) is 0 Å². The fraction of sp³-hybridized carbons (Fsp3) is 0.263. The quantitative estimate of drug-likeness (QED) is 0.267. The summed E-state index contributed by atoms with van der Waals surface area (Å²) in [5.74, 6) is 0. The summed E-state index contributed by atoms with van der Waals surface area (Å²) in [7, 11) is 0.817. The van der Waals surface area contributed by atoms with Crippen molar-refractivity contribution in [3.05, 3.63) is 154 Å². The number of allylic oxidation sites excluding steroid dienone is 2. The van der Waals surface area contributed by atoms with Gasteiger partial charge in [-0.2, -0.15) is 0 Å². The van der Waals surface area contributed by atoms with Crippen molar-refractivity contribution in [3.8, 4) is 0 Å². The number of benzene rings is 4. The summed E-state index contributed by atoms with van der Waals surface area (Å²) in [6, 6.07) is 43.3. The van der Waals surface area contributed by atoms with Crippen LogP contribution in [0, 0.1) is 0 Å². The average molecular weight is 539 g/mol. The fourth-order valence-corrected chi connectivity index (χ4v) is 9.41. The molecular formula is C38H40Li2Si. The normalized spacial score (nSPS) is 20.2. The van der Waals surface area contributed by atoms with Gasteiger partial charge in [-0.05, 0) is 58.3 Å². The Morgan fingerprint density at radius 2 is 0.878 bits per heavy atom. The Kier molecular flexibility index (Phi) is 10.7. The van der Waals surface area contributed by atoms with Crippen LogP contribution in [0.2, 0.25) is 12.1 Å². The van der Waals surface area contributed by atoms with Gasteiger partial charge >= 0.3 is 37.7 Å². The molecule has 2 radical (unpaired) electrons. The molecule has 0 amide bonds. The summed E-state index contributed by atoms with van der Waals surface area (Å²) in [5.41, 5.74) is 11.8. The second-order valence-corrected chi connectivity index (χ2v) is 12.4. The minimum absolute atomic E-state index is 0. The van der Waals surface area contributed by atoms with E-state index in [1.807, 2.05) is 0 Å². The first kappa shape index (κ1) is 31.7. The fourth-order valence-electron chi connectivity index (χ4n) is 7.29. The summed E-state index contributed by atoms with van der Waals surface area (Å²) in [4.78, 5) is 0. The Balaban J connectivity index is 0.00000161. The molecule has 198 valence electrons. The van der Waals surface area contributed by atoms with Crippen molar-refractivity contribution < 1.29 is 40.6 Å². The van der Waals surface area contributed by atoms with Gasteiger partial charge in [0.25, 0.3) is 0 Å². The van der Waals surface area contributed by atoms with Crippen LogP contribution in [0.15, 0.2) is 120 Å². The molecule has 0 fully saturated rings.